The molecule has 1 amide bonds. The number of nitrogens with zero attached hydrogens (tertiary/aromatic N) is 1. The molecule has 134 valence electrons. The number of carbonyl (C=O) groups is 2. The van der Waals surface area contributed by atoms with Crippen molar-refractivity contribution < 1.29 is 37.3 Å². The van der Waals surface area contributed by atoms with Crippen LogP contribution in [-0.4, -0.2) is 65.8 Å². The van der Waals surface area contributed by atoms with Gasteiger partial charge in [-0.05, 0) is 27.2 Å². The van der Waals surface area contributed by atoms with E-state index in [4.69, 9.17) is 4.74 Å². The van der Waals surface area contributed by atoms with Crippen LogP contribution in [0.1, 0.15) is 27.2 Å². The van der Waals surface area contributed by atoms with Crippen LogP contribution < -0.4 is 5.32 Å². The first-order valence-electron chi connectivity index (χ1n) is 7.01. The molecule has 0 aromatic carbocycles. The summed E-state index contributed by atoms with van der Waals surface area (Å²) >= 11 is 0. The van der Waals surface area contributed by atoms with Gasteiger partial charge in [0.15, 0.2) is 5.54 Å². The Morgan fingerprint density at radius 3 is 2.39 bits per heavy atom. The molecule has 7 nitrogen and oxygen atoms in total. The maximum Gasteiger partial charge on any atom is 0.522 e. The van der Waals surface area contributed by atoms with Gasteiger partial charge in [0, 0.05) is 19.6 Å². The largest absolute Gasteiger partial charge is 0.522 e. The lowest BCUT2D eigenvalue weighted by molar-refractivity contribution is -0.324. The van der Waals surface area contributed by atoms with Gasteiger partial charge in [0.1, 0.15) is 5.60 Å². The minimum absolute atomic E-state index is 0.0631. The third kappa shape index (κ3) is 6.61. The van der Waals surface area contributed by atoms with Gasteiger partial charge in [-0.3, -0.25) is 9.64 Å². The van der Waals surface area contributed by atoms with Crippen LogP contribution in [0.15, 0.2) is 0 Å². The standard InChI is InChI=1S/C13H21F3N2O5/c1-11(2,3)23-10(21)17-12(9(19)20)4-5-18(8-12)6-7-22-13(14,15)16/h4-8H2,1-3H3,(H,17,21)(H,19,20). The maximum atomic E-state index is 11.9. The van der Waals surface area contributed by atoms with Crippen molar-refractivity contribution >= 4 is 12.1 Å². The van der Waals surface area contributed by atoms with Crippen molar-refractivity contribution in [2.75, 3.05) is 26.2 Å². The number of aliphatic carboxylic acids is 1. The maximum absolute atomic E-state index is 11.9. The van der Waals surface area contributed by atoms with E-state index in [9.17, 15) is 27.9 Å². The predicted molar refractivity (Wildman–Crippen MR) is 72.8 cm³/mol. The highest BCUT2D eigenvalue weighted by molar-refractivity contribution is 5.85. The number of hydrogen-bond acceptors (Lipinski definition) is 5. The first-order valence-corrected chi connectivity index (χ1v) is 7.01. The zero-order chi connectivity index (χ0) is 17.9. The molecule has 1 atom stereocenters. The van der Waals surface area contributed by atoms with Crippen molar-refractivity contribution in [1.29, 1.82) is 0 Å². The molecule has 0 aliphatic carbocycles. The van der Waals surface area contributed by atoms with E-state index >= 15 is 0 Å². The number of hydrogen-bond donors (Lipinski definition) is 2. The summed E-state index contributed by atoms with van der Waals surface area (Å²) in [6.07, 6.45) is -5.54. The molecular formula is C13H21F3N2O5. The van der Waals surface area contributed by atoms with Crippen LogP contribution in [0.4, 0.5) is 18.0 Å². The third-order valence-electron chi connectivity index (χ3n) is 3.17. The average molecular weight is 342 g/mol. The van der Waals surface area contributed by atoms with Crippen LogP contribution in [0.5, 0.6) is 0 Å². The van der Waals surface area contributed by atoms with E-state index in [1.165, 1.54) is 4.90 Å². The molecule has 23 heavy (non-hydrogen) atoms. The molecule has 1 saturated heterocycles. The molecule has 0 radical (unpaired) electrons. The fourth-order valence-electron chi connectivity index (χ4n) is 2.20. The van der Waals surface area contributed by atoms with E-state index in [2.05, 4.69) is 10.1 Å². The Balaban J connectivity index is 2.60. The molecular weight excluding hydrogens is 321 g/mol. The fourth-order valence-corrected chi connectivity index (χ4v) is 2.20. The van der Waals surface area contributed by atoms with Crippen LogP contribution in [0.2, 0.25) is 0 Å². The monoisotopic (exact) mass is 342 g/mol. The Bertz CT molecular complexity index is 450. The normalized spacial score (nSPS) is 22.9. The average Bonchev–Trinajstić information content (AvgIpc) is 2.69. The molecule has 1 heterocycles. The van der Waals surface area contributed by atoms with Crippen LogP contribution in [0.3, 0.4) is 0 Å². The number of carbonyl (C=O) groups excluding carboxylic acids is 1. The van der Waals surface area contributed by atoms with Crippen LogP contribution in [0, 0.1) is 0 Å². The quantitative estimate of drug-likeness (QED) is 0.789. The van der Waals surface area contributed by atoms with Crippen LogP contribution in [-0.2, 0) is 14.3 Å². The summed E-state index contributed by atoms with van der Waals surface area (Å²) in [7, 11) is 0. The van der Waals surface area contributed by atoms with Crippen molar-refractivity contribution in [3.8, 4) is 0 Å². The zero-order valence-electron chi connectivity index (χ0n) is 13.2. The number of likely N-dealkylation sites (tertiary alicyclic amines) is 1. The molecule has 1 aliphatic heterocycles. The van der Waals surface area contributed by atoms with Gasteiger partial charge in [0.2, 0.25) is 0 Å². The first-order chi connectivity index (χ1) is 10.3. The minimum atomic E-state index is -4.72. The second kappa shape index (κ2) is 6.91. The molecule has 1 rings (SSSR count). The number of rotatable bonds is 5. The summed E-state index contributed by atoms with van der Waals surface area (Å²) in [4.78, 5) is 24.8. The van der Waals surface area contributed by atoms with Gasteiger partial charge in [0.25, 0.3) is 0 Å². The number of alkyl halides is 3. The summed E-state index contributed by atoms with van der Waals surface area (Å²) in [5.74, 6) is -1.26. The van der Waals surface area contributed by atoms with Crippen molar-refractivity contribution in [3.05, 3.63) is 0 Å². The predicted octanol–water partition coefficient (Wildman–Crippen LogP) is 1.58. The number of alkyl carbamates (subject to hydrolysis) is 1. The van der Waals surface area contributed by atoms with Crippen molar-refractivity contribution in [1.82, 2.24) is 10.2 Å². The SMILES string of the molecule is CC(C)(C)OC(=O)NC1(C(=O)O)CCN(CCOC(F)(F)F)C1. The molecule has 1 aliphatic rings. The van der Waals surface area contributed by atoms with E-state index in [0.29, 0.717) is 0 Å². The second-order valence-corrected chi connectivity index (χ2v) is 6.33. The molecule has 1 fully saturated rings. The topological polar surface area (TPSA) is 88.1 Å². The van der Waals surface area contributed by atoms with E-state index in [0.717, 1.165) is 0 Å². The summed E-state index contributed by atoms with van der Waals surface area (Å²) < 4.78 is 44.5. The Morgan fingerprint density at radius 2 is 1.91 bits per heavy atom. The van der Waals surface area contributed by atoms with Crippen molar-refractivity contribution in [3.63, 3.8) is 0 Å². The summed E-state index contributed by atoms with van der Waals surface area (Å²) in [5, 5.41) is 11.7. The van der Waals surface area contributed by atoms with Gasteiger partial charge in [-0.15, -0.1) is 13.2 Å². The van der Waals surface area contributed by atoms with Gasteiger partial charge < -0.3 is 15.2 Å². The Morgan fingerprint density at radius 1 is 1.30 bits per heavy atom. The van der Waals surface area contributed by atoms with Crippen LogP contribution in [0.25, 0.3) is 0 Å². The van der Waals surface area contributed by atoms with E-state index in [-0.39, 0.29) is 26.1 Å². The summed E-state index contributed by atoms with van der Waals surface area (Å²) in [6, 6.07) is 0. The molecule has 1 unspecified atom stereocenters. The second-order valence-electron chi connectivity index (χ2n) is 6.33. The lowest BCUT2D eigenvalue weighted by Gasteiger charge is -2.28. The van der Waals surface area contributed by atoms with Gasteiger partial charge in [0.05, 0.1) is 6.61 Å². The van der Waals surface area contributed by atoms with E-state index in [1.54, 1.807) is 20.8 Å². The number of nitrogens with one attached hydrogen (secondary N) is 1. The Kier molecular flexibility index (Phi) is 5.86. The van der Waals surface area contributed by atoms with E-state index in [1.807, 2.05) is 0 Å². The number of halogens is 3. The highest BCUT2D eigenvalue weighted by Gasteiger charge is 2.47. The van der Waals surface area contributed by atoms with Crippen molar-refractivity contribution in [2.45, 2.75) is 44.7 Å². The van der Waals surface area contributed by atoms with Gasteiger partial charge in [-0.1, -0.05) is 0 Å². The van der Waals surface area contributed by atoms with Crippen LogP contribution >= 0.6 is 0 Å². The van der Waals surface area contributed by atoms with E-state index < -0.39 is 36.2 Å². The molecule has 2 N–H and O–H groups in total. The summed E-state index contributed by atoms with van der Waals surface area (Å²) in [6.45, 7) is 4.31. The van der Waals surface area contributed by atoms with Crippen molar-refractivity contribution in [2.24, 2.45) is 0 Å². The highest BCUT2D eigenvalue weighted by atomic mass is 19.4. The van der Waals surface area contributed by atoms with Gasteiger partial charge >= 0.3 is 18.4 Å². The number of carboxylic acid groups (broad SMARTS) is 1. The number of carboxylic acids is 1. The molecule has 0 saturated carbocycles. The number of ether oxygens (including phenoxy) is 2. The molecule has 0 aromatic heterocycles. The number of amides is 1. The van der Waals surface area contributed by atoms with Gasteiger partial charge in [-0.25, -0.2) is 9.59 Å². The lowest BCUT2D eigenvalue weighted by Crippen LogP contribution is -2.57. The molecule has 0 aromatic rings. The molecule has 0 spiro atoms. The highest BCUT2D eigenvalue weighted by Crippen LogP contribution is 2.23. The first kappa shape index (κ1) is 19.5. The minimum Gasteiger partial charge on any atom is -0.479 e. The smallest absolute Gasteiger partial charge is 0.479 e. The summed E-state index contributed by atoms with van der Waals surface area (Å²) in [5.41, 5.74) is -2.37. The Labute approximate surface area is 131 Å². The molecule has 10 heteroatoms. The fraction of sp³-hybridized carbons (Fsp3) is 0.846. The zero-order valence-corrected chi connectivity index (χ0v) is 13.2. The molecule has 0 bridgehead atoms. The van der Waals surface area contributed by atoms with Gasteiger partial charge in [-0.2, -0.15) is 0 Å². The third-order valence-corrected chi connectivity index (χ3v) is 3.17. The lowest BCUT2D eigenvalue weighted by atomic mass is 9.99. The Hall–Kier alpha value is -1.55.